The van der Waals surface area contributed by atoms with Gasteiger partial charge in [0.15, 0.2) is 17.4 Å². The van der Waals surface area contributed by atoms with Gasteiger partial charge in [-0.15, -0.1) is 0 Å². The Kier molecular flexibility index (Phi) is 41300. The number of hydrogen-bond donors (Lipinski definition) is 0. The van der Waals surface area contributed by atoms with Gasteiger partial charge in [-0.2, -0.15) is 0 Å². The molecule has 0 atom stereocenters. The van der Waals surface area contributed by atoms with Crippen LogP contribution in [-0.2, 0) is 0 Å². The minimum absolute atomic E-state index is 0. The van der Waals surface area contributed by atoms with E-state index in [0.717, 1.165) is 0 Å². The van der Waals surface area contributed by atoms with Gasteiger partial charge in [0.1, 0.15) is 0 Å². The summed E-state index contributed by atoms with van der Waals surface area (Å²) in [5, 5.41) is 0. The maximum atomic E-state index is 0. The van der Waals surface area contributed by atoms with Crippen molar-refractivity contribution in [3.8, 4) is 0 Å². The first-order chi connectivity index (χ1) is 0. The predicted molar refractivity (Wildman–Crippen MR) is 38.8 cm³/mol. The third-order valence-corrected chi connectivity index (χ3v) is 0. The van der Waals surface area contributed by atoms with Crippen LogP contribution in [-0.4, -0.2) is 69.1 Å². The van der Waals surface area contributed by atoms with Gasteiger partial charge < -0.3 is 32.9 Å². The Labute approximate surface area is 69.4 Å². The molecule has 8 heteroatoms. The van der Waals surface area contributed by atoms with Crippen molar-refractivity contribution in [1.82, 2.24) is 0 Å². The second-order valence-electron chi connectivity index (χ2n) is 0. The van der Waals surface area contributed by atoms with Crippen molar-refractivity contribution in [2.45, 2.75) is 0 Å². The molecule has 56 valence electrons. The van der Waals surface area contributed by atoms with Crippen molar-refractivity contribution in [2.24, 2.45) is 0 Å². The molecule has 0 heterocycles. The van der Waals surface area contributed by atoms with E-state index in [9.17, 15) is 0 Å². The van der Waals surface area contributed by atoms with E-state index < -0.39 is 0 Å². The normalized spacial score (nSPS) is 0. The second kappa shape index (κ2) is 473. The van der Waals surface area contributed by atoms with Gasteiger partial charge in [-0.3, -0.25) is 0 Å². The Balaban J connectivity index is 0. The molecule has 0 aliphatic heterocycles. The maximum absolute atomic E-state index is 0. The third kappa shape index (κ3) is 302. The van der Waals surface area contributed by atoms with Crippen LogP contribution in [0.25, 0.3) is 0 Å². The third-order valence-electron chi connectivity index (χ3n) is 0. The van der Waals surface area contributed by atoms with Gasteiger partial charge >= 0.3 is 18.9 Å². The summed E-state index contributed by atoms with van der Waals surface area (Å²) in [4.78, 5) is 0. The van der Waals surface area contributed by atoms with Gasteiger partial charge in [0.05, 0.1) is 0 Å². The van der Waals surface area contributed by atoms with E-state index in [0.29, 0.717) is 0 Å². The van der Waals surface area contributed by atoms with E-state index in [1.54, 1.807) is 0 Å². The Bertz CT molecular complexity index is 8.49. The molecular weight excluding hydrogens is 130 g/mol. The van der Waals surface area contributed by atoms with E-state index in [-0.39, 0.29) is 69.1 Å². The molecule has 0 amide bonds. The van der Waals surface area contributed by atoms with Crippen LogP contribution < -0.4 is 0 Å². The monoisotopic (exact) mass is 146 g/mol. The Morgan fingerprint density at radius 3 is 0.375 bits per heavy atom. The van der Waals surface area contributed by atoms with Crippen LogP contribution in [0.1, 0.15) is 0 Å². The van der Waals surface area contributed by atoms with Gasteiger partial charge in [-0.25, -0.2) is 0 Å². The fraction of sp³-hybridized carbons (Fsp3) is 0. The molecule has 0 aromatic rings. The van der Waals surface area contributed by atoms with Crippen molar-refractivity contribution in [3.05, 3.63) is 0 Å². The Hall–Kier alpha value is 0.890. The second-order valence-corrected chi connectivity index (χ2v) is 0. The first-order valence-electron chi connectivity index (χ1n) is 0. The van der Waals surface area contributed by atoms with Gasteiger partial charge in [-0.05, 0) is 0 Å². The van der Waals surface area contributed by atoms with E-state index in [1.807, 2.05) is 0 Å². The Morgan fingerprint density at radius 2 is 0.375 bits per heavy atom. The topological polar surface area (TPSA) is 189 Å². The zero-order valence-electron chi connectivity index (χ0n) is 3.00. The molecule has 0 radical (unpaired) electrons. The van der Waals surface area contributed by atoms with Crippen LogP contribution in [0.5, 0.6) is 0 Å². The number of rotatable bonds is 0. The molecule has 12 N–H and O–H groups in total. The molecule has 0 saturated carbocycles. The average Bonchev–Trinajstić information content (AvgIpc) is 0. The number of hydrogen-bond acceptors (Lipinski definition) is 0. The van der Waals surface area contributed by atoms with Crippen molar-refractivity contribution in [1.29, 1.82) is 0 Å². The van der Waals surface area contributed by atoms with E-state index in [2.05, 4.69) is 0 Å². The van der Waals surface area contributed by atoms with Gasteiger partial charge in [-0.1, -0.05) is 0 Å². The molecule has 0 aliphatic carbocycles. The first-order valence-corrected chi connectivity index (χ1v) is 0. The minimum atomic E-state index is 0. The predicted octanol–water partition coefficient (Wildman–Crippen LogP) is -6.78. The van der Waals surface area contributed by atoms with Crippen molar-refractivity contribution < 1.29 is 32.9 Å². The molecule has 6 nitrogen and oxygen atoms in total. The van der Waals surface area contributed by atoms with Crippen LogP contribution in [0, 0.1) is 0 Å². The van der Waals surface area contributed by atoms with E-state index in [4.69, 9.17) is 0 Å². The molecule has 0 fully saturated rings. The molecule has 0 aromatic carbocycles. The first kappa shape index (κ1) is 699. The average molecular weight is 146 g/mol. The Morgan fingerprint density at radius 1 is 0.375 bits per heavy atom. The zero-order valence-corrected chi connectivity index (χ0v) is 3.00. The summed E-state index contributed by atoms with van der Waals surface area (Å²) in [6.45, 7) is 0. The molecule has 0 aliphatic rings. The van der Waals surface area contributed by atoms with Gasteiger partial charge in [0, 0.05) is 0 Å². The molecular formula is H16AlLiO6. The molecule has 0 spiro atoms. The van der Waals surface area contributed by atoms with Gasteiger partial charge in [0.25, 0.3) is 0 Å². The van der Waals surface area contributed by atoms with Crippen LogP contribution in [0.4, 0.5) is 0 Å². The fourth-order valence-electron chi connectivity index (χ4n) is 0. The van der Waals surface area contributed by atoms with Crippen LogP contribution in [0.3, 0.4) is 0 Å². The summed E-state index contributed by atoms with van der Waals surface area (Å²) in [5.74, 6) is 0. The summed E-state index contributed by atoms with van der Waals surface area (Å²) in [6.07, 6.45) is 0. The molecule has 0 unspecified atom stereocenters. The SMILES string of the molecule is O.O.O.O.O.O.[AlH3].[LiH]. The molecule has 0 rings (SSSR count). The molecule has 0 saturated heterocycles. The summed E-state index contributed by atoms with van der Waals surface area (Å²) in [7, 11) is 0. The summed E-state index contributed by atoms with van der Waals surface area (Å²) in [5.41, 5.74) is 0. The molecule has 0 bridgehead atoms. The van der Waals surface area contributed by atoms with Gasteiger partial charge in [0.2, 0.25) is 0 Å². The fourth-order valence-corrected chi connectivity index (χ4v) is 0. The summed E-state index contributed by atoms with van der Waals surface area (Å²) >= 11 is 0. The molecule has 0 aromatic heterocycles. The van der Waals surface area contributed by atoms with Crippen molar-refractivity contribution in [2.75, 3.05) is 0 Å². The van der Waals surface area contributed by atoms with E-state index >= 15 is 0 Å². The van der Waals surface area contributed by atoms with Crippen LogP contribution >= 0.6 is 0 Å². The van der Waals surface area contributed by atoms with Crippen molar-refractivity contribution in [3.63, 3.8) is 0 Å². The van der Waals surface area contributed by atoms with Crippen LogP contribution in [0.2, 0.25) is 0 Å². The van der Waals surface area contributed by atoms with Crippen molar-refractivity contribution >= 4 is 36.2 Å². The molecule has 8 heavy (non-hydrogen) atoms. The van der Waals surface area contributed by atoms with Crippen LogP contribution in [0.15, 0.2) is 0 Å². The van der Waals surface area contributed by atoms with E-state index in [1.165, 1.54) is 0 Å². The standard InChI is InChI=1S/Al.Li.6H2O.4H/h;;6*1H2;;;;. The summed E-state index contributed by atoms with van der Waals surface area (Å²) < 4.78 is 0. The summed E-state index contributed by atoms with van der Waals surface area (Å²) in [6, 6.07) is 0. The zero-order chi connectivity index (χ0) is 0. The quantitative estimate of drug-likeness (QED) is 0.293.